The van der Waals surface area contributed by atoms with Crippen molar-refractivity contribution in [1.82, 2.24) is 5.32 Å². The zero-order valence-electron chi connectivity index (χ0n) is 10.8. The number of carbonyl (C=O) groups excluding carboxylic acids is 1. The Labute approximate surface area is 117 Å². The molecule has 2 saturated carbocycles. The molecule has 1 heterocycles. The lowest BCUT2D eigenvalue weighted by Crippen LogP contribution is -2.25. The molecule has 2 aliphatic rings. The predicted octanol–water partition coefficient (Wildman–Crippen LogP) is 1.72. The van der Waals surface area contributed by atoms with Gasteiger partial charge < -0.3 is 11.1 Å². The molecule has 0 spiro atoms. The van der Waals surface area contributed by atoms with Crippen molar-refractivity contribution in [2.75, 3.05) is 6.54 Å². The van der Waals surface area contributed by atoms with Crippen LogP contribution in [0.4, 0.5) is 0 Å². The summed E-state index contributed by atoms with van der Waals surface area (Å²) in [6.07, 6.45) is 3.81. The van der Waals surface area contributed by atoms with E-state index in [4.69, 9.17) is 5.73 Å². The molecule has 0 aromatic carbocycles. The topological polar surface area (TPSA) is 55.1 Å². The normalized spacial score (nSPS) is 27.3. The largest absolute Gasteiger partial charge is 0.351 e. The Bertz CT molecular complexity index is 530. The van der Waals surface area contributed by atoms with Gasteiger partial charge in [0.05, 0.1) is 18.0 Å². The molecule has 0 radical (unpaired) electrons. The molecule has 4 heteroatoms. The van der Waals surface area contributed by atoms with Gasteiger partial charge in [-0.15, -0.1) is 11.3 Å². The number of hydrogen-bond acceptors (Lipinski definition) is 3. The summed E-state index contributed by atoms with van der Waals surface area (Å²) < 4.78 is 0. The Balaban J connectivity index is 1.49. The monoisotopic (exact) mass is 274 g/mol. The van der Waals surface area contributed by atoms with Crippen LogP contribution in [-0.4, -0.2) is 12.5 Å². The van der Waals surface area contributed by atoms with E-state index < -0.39 is 0 Å². The number of thiophene rings is 1. The van der Waals surface area contributed by atoms with E-state index in [-0.39, 0.29) is 5.91 Å². The summed E-state index contributed by atoms with van der Waals surface area (Å²) in [5.74, 6) is 7.79. The second-order valence-electron chi connectivity index (χ2n) is 5.27. The summed E-state index contributed by atoms with van der Waals surface area (Å²) in [5.41, 5.74) is 5.34. The summed E-state index contributed by atoms with van der Waals surface area (Å²) in [7, 11) is 0. The fourth-order valence-corrected chi connectivity index (χ4v) is 4.00. The van der Waals surface area contributed by atoms with Crippen LogP contribution in [0.2, 0.25) is 0 Å². The maximum Gasteiger partial charge on any atom is 0.223 e. The van der Waals surface area contributed by atoms with Gasteiger partial charge in [0.15, 0.2) is 0 Å². The number of nitrogens with one attached hydrogen (secondary N) is 1. The van der Waals surface area contributed by atoms with E-state index in [9.17, 15) is 4.79 Å². The zero-order chi connectivity index (χ0) is 13.2. The van der Waals surface area contributed by atoms with Crippen LogP contribution < -0.4 is 11.1 Å². The molecule has 3 N–H and O–H groups in total. The second-order valence-corrected chi connectivity index (χ2v) is 6.44. The standard InChI is InChI=1S/C15H18N2OS/c16-8-2-3-10-6-7-11(19-10)9-17-15(18)14-12-4-1-5-13(12)14/h6-7,12-14H,1,4-5,8-9,16H2,(H,17,18). The van der Waals surface area contributed by atoms with Crippen LogP contribution in [0.15, 0.2) is 12.1 Å². The summed E-state index contributed by atoms with van der Waals surface area (Å²) in [6, 6.07) is 4.01. The Morgan fingerprint density at radius 1 is 1.42 bits per heavy atom. The lowest BCUT2D eigenvalue weighted by atomic mass is 10.1. The van der Waals surface area contributed by atoms with Gasteiger partial charge in [-0.3, -0.25) is 4.79 Å². The molecule has 2 fully saturated rings. The summed E-state index contributed by atoms with van der Waals surface area (Å²) in [5, 5.41) is 3.06. The maximum atomic E-state index is 12.0. The number of hydrogen-bond donors (Lipinski definition) is 2. The van der Waals surface area contributed by atoms with Crippen LogP contribution in [0.1, 0.15) is 29.0 Å². The highest BCUT2D eigenvalue weighted by Gasteiger charge is 2.56. The average molecular weight is 274 g/mol. The highest BCUT2D eigenvalue weighted by atomic mass is 32.1. The van der Waals surface area contributed by atoms with Crippen molar-refractivity contribution in [3.05, 3.63) is 21.9 Å². The predicted molar refractivity (Wildman–Crippen MR) is 76.4 cm³/mol. The van der Waals surface area contributed by atoms with Gasteiger partial charge in [-0.1, -0.05) is 18.3 Å². The second kappa shape index (κ2) is 5.36. The van der Waals surface area contributed by atoms with Crippen molar-refractivity contribution in [3.8, 4) is 11.8 Å². The molecule has 0 saturated heterocycles. The molecule has 1 aromatic rings. The number of amides is 1. The molecule has 1 amide bonds. The van der Waals surface area contributed by atoms with Crippen LogP contribution in [0.3, 0.4) is 0 Å². The molecule has 2 atom stereocenters. The molecule has 0 bridgehead atoms. The first-order chi connectivity index (χ1) is 9.29. The molecular weight excluding hydrogens is 256 g/mol. The molecule has 3 rings (SSSR count). The van der Waals surface area contributed by atoms with Crippen molar-refractivity contribution in [2.24, 2.45) is 23.5 Å². The number of nitrogens with two attached hydrogens (primary N) is 1. The molecular formula is C15H18N2OS. The van der Waals surface area contributed by atoms with Gasteiger partial charge in [0, 0.05) is 10.8 Å². The highest BCUT2D eigenvalue weighted by Crippen LogP contribution is 2.57. The Morgan fingerprint density at radius 2 is 2.21 bits per heavy atom. The minimum absolute atomic E-state index is 0.248. The van der Waals surface area contributed by atoms with Gasteiger partial charge in [0.25, 0.3) is 0 Å². The first kappa shape index (κ1) is 12.7. The van der Waals surface area contributed by atoms with Crippen LogP contribution >= 0.6 is 11.3 Å². The third kappa shape index (κ3) is 2.68. The first-order valence-electron chi connectivity index (χ1n) is 6.85. The quantitative estimate of drug-likeness (QED) is 0.825. The lowest BCUT2D eigenvalue weighted by molar-refractivity contribution is -0.123. The fraction of sp³-hybridized carbons (Fsp3) is 0.533. The van der Waals surface area contributed by atoms with Crippen molar-refractivity contribution in [1.29, 1.82) is 0 Å². The van der Waals surface area contributed by atoms with E-state index in [1.165, 1.54) is 19.3 Å². The molecule has 19 heavy (non-hydrogen) atoms. The molecule has 1 aromatic heterocycles. The van der Waals surface area contributed by atoms with Gasteiger partial charge in [-0.2, -0.15) is 0 Å². The third-order valence-electron chi connectivity index (χ3n) is 4.12. The van der Waals surface area contributed by atoms with Crippen LogP contribution in [0.5, 0.6) is 0 Å². The highest BCUT2D eigenvalue weighted by molar-refractivity contribution is 7.12. The maximum absolute atomic E-state index is 12.0. The molecule has 0 aliphatic heterocycles. The van der Waals surface area contributed by atoms with Crippen molar-refractivity contribution >= 4 is 17.2 Å². The average Bonchev–Trinajstić information content (AvgIpc) is 2.83. The first-order valence-corrected chi connectivity index (χ1v) is 7.66. The number of carbonyl (C=O) groups is 1. The summed E-state index contributed by atoms with van der Waals surface area (Å²) in [6.45, 7) is 1.01. The van der Waals surface area contributed by atoms with E-state index >= 15 is 0 Å². The fourth-order valence-electron chi connectivity index (χ4n) is 3.18. The minimum atomic E-state index is 0.248. The van der Waals surface area contributed by atoms with Crippen molar-refractivity contribution in [2.45, 2.75) is 25.8 Å². The molecule has 2 unspecified atom stereocenters. The summed E-state index contributed by atoms with van der Waals surface area (Å²) in [4.78, 5) is 14.2. The number of rotatable bonds is 3. The zero-order valence-corrected chi connectivity index (χ0v) is 11.6. The van der Waals surface area contributed by atoms with E-state index in [2.05, 4.69) is 17.2 Å². The van der Waals surface area contributed by atoms with Gasteiger partial charge in [0.1, 0.15) is 0 Å². The van der Waals surface area contributed by atoms with Gasteiger partial charge in [-0.25, -0.2) is 0 Å². The lowest BCUT2D eigenvalue weighted by Gasteiger charge is -2.04. The molecule has 2 aliphatic carbocycles. The molecule has 3 nitrogen and oxygen atoms in total. The van der Waals surface area contributed by atoms with Crippen molar-refractivity contribution in [3.63, 3.8) is 0 Å². The van der Waals surface area contributed by atoms with Crippen LogP contribution in [0.25, 0.3) is 0 Å². The van der Waals surface area contributed by atoms with Crippen LogP contribution in [0, 0.1) is 29.6 Å². The van der Waals surface area contributed by atoms with E-state index in [1.807, 2.05) is 12.1 Å². The number of fused-ring (bicyclic) bond motifs is 1. The van der Waals surface area contributed by atoms with Gasteiger partial charge in [-0.05, 0) is 36.8 Å². The molecule has 100 valence electrons. The summed E-state index contributed by atoms with van der Waals surface area (Å²) >= 11 is 1.62. The van der Waals surface area contributed by atoms with Crippen LogP contribution in [-0.2, 0) is 11.3 Å². The SMILES string of the molecule is NCC#Cc1ccc(CNC(=O)C2C3CCCC32)s1. The smallest absolute Gasteiger partial charge is 0.223 e. The third-order valence-corrected chi connectivity index (χ3v) is 5.12. The Hall–Kier alpha value is -1.31. The van der Waals surface area contributed by atoms with Crippen molar-refractivity contribution < 1.29 is 4.79 Å². The van der Waals surface area contributed by atoms with E-state index in [0.717, 1.165) is 9.75 Å². The van der Waals surface area contributed by atoms with E-state index in [0.29, 0.717) is 30.8 Å². The van der Waals surface area contributed by atoms with Gasteiger partial charge >= 0.3 is 0 Å². The van der Waals surface area contributed by atoms with Gasteiger partial charge in [0.2, 0.25) is 5.91 Å². The Morgan fingerprint density at radius 3 is 2.95 bits per heavy atom. The minimum Gasteiger partial charge on any atom is -0.351 e. The van der Waals surface area contributed by atoms with E-state index in [1.54, 1.807) is 11.3 Å². The Kier molecular flexibility index (Phi) is 3.58.